The molecule has 0 spiro atoms. The maximum Gasteiger partial charge on any atom is 0.257 e. The summed E-state index contributed by atoms with van der Waals surface area (Å²) >= 11 is 24.2. The zero-order valence-electron chi connectivity index (χ0n) is 20.9. The lowest BCUT2D eigenvalue weighted by atomic mass is 10.2. The van der Waals surface area contributed by atoms with E-state index in [1.165, 1.54) is 12.3 Å². The molecule has 3 heterocycles. The topological polar surface area (TPSA) is 96.9 Å². The van der Waals surface area contributed by atoms with Gasteiger partial charge in [0.15, 0.2) is 0 Å². The first-order valence-corrected chi connectivity index (χ1v) is 13.5. The number of pyridine rings is 2. The van der Waals surface area contributed by atoms with Crippen molar-refractivity contribution in [3.63, 3.8) is 0 Å². The largest absolute Gasteiger partial charge is 0.437 e. The van der Waals surface area contributed by atoms with Crippen LogP contribution in [-0.2, 0) is 16.1 Å². The second-order valence-corrected chi connectivity index (χ2v) is 10.4. The van der Waals surface area contributed by atoms with E-state index in [0.717, 1.165) is 13.1 Å². The molecule has 0 radical (unpaired) electrons. The Morgan fingerprint density at radius 3 is 2.44 bits per heavy atom. The molecular formula is C26H25Cl4N5O4. The molecule has 1 aromatic carbocycles. The number of piperazine rings is 1. The first kappa shape index (κ1) is 29.3. The van der Waals surface area contributed by atoms with E-state index in [-0.39, 0.29) is 51.6 Å². The molecule has 1 saturated heterocycles. The van der Waals surface area contributed by atoms with Crippen molar-refractivity contribution in [3.05, 3.63) is 80.1 Å². The number of rotatable bonds is 9. The normalized spacial score (nSPS) is 14.6. The van der Waals surface area contributed by atoms with Crippen LogP contribution in [0, 0.1) is 0 Å². The van der Waals surface area contributed by atoms with Crippen LogP contribution in [0.1, 0.15) is 15.9 Å². The minimum absolute atomic E-state index is 0.0204. The van der Waals surface area contributed by atoms with Crippen LogP contribution in [0.4, 0.5) is 0 Å². The molecule has 1 fully saturated rings. The predicted molar refractivity (Wildman–Crippen MR) is 150 cm³/mol. The number of likely N-dealkylation sites (N-methyl/N-ethyl adjacent to an activating group) is 1. The van der Waals surface area contributed by atoms with Crippen molar-refractivity contribution < 1.29 is 19.1 Å². The zero-order valence-corrected chi connectivity index (χ0v) is 23.9. The summed E-state index contributed by atoms with van der Waals surface area (Å²) in [5.41, 5.74) is 0.798. The third-order valence-electron chi connectivity index (χ3n) is 5.91. The summed E-state index contributed by atoms with van der Waals surface area (Å²) in [5, 5.41) is 3.94. The highest BCUT2D eigenvalue weighted by molar-refractivity contribution is 6.35. The molecule has 4 rings (SSSR count). The molecule has 2 aromatic heterocycles. The van der Waals surface area contributed by atoms with Gasteiger partial charge in [0.2, 0.25) is 11.8 Å². The summed E-state index contributed by atoms with van der Waals surface area (Å²) in [6.45, 7) is 2.54. The smallest absolute Gasteiger partial charge is 0.257 e. The lowest BCUT2D eigenvalue weighted by Gasteiger charge is -2.34. The fraction of sp³-hybridized carbons (Fsp3) is 0.308. The van der Waals surface area contributed by atoms with E-state index in [1.54, 1.807) is 41.3 Å². The molecular weight excluding hydrogens is 588 g/mol. The van der Waals surface area contributed by atoms with Gasteiger partial charge in [0.25, 0.3) is 5.91 Å². The number of carbonyl (C=O) groups is 2. The van der Waals surface area contributed by atoms with Crippen LogP contribution in [0.15, 0.2) is 48.7 Å². The van der Waals surface area contributed by atoms with Gasteiger partial charge in [-0.1, -0.05) is 46.4 Å². The molecule has 1 unspecified atom stereocenters. The maximum atomic E-state index is 13.5. The Hall–Kier alpha value is -2.66. The number of benzene rings is 1. The Morgan fingerprint density at radius 1 is 1.03 bits per heavy atom. The number of hydrogen-bond donors (Lipinski definition) is 1. The van der Waals surface area contributed by atoms with Crippen molar-refractivity contribution in [1.82, 2.24) is 25.1 Å². The van der Waals surface area contributed by atoms with Crippen molar-refractivity contribution in [2.75, 3.05) is 39.8 Å². The van der Waals surface area contributed by atoms with Gasteiger partial charge in [0.1, 0.15) is 27.7 Å². The van der Waals surface area contributed by atoms with E-state index in [4.69, 9.17) is 55.9 Å². The number of aromatic nitrogens is 2. The average molecular weight is 613 g/mol. The molecule has 39 heavy (non-hydrogen) atoms. The van der Waals surface area contributed by atoms with Crippen LogP contribution in [0.2, 0.25) is 20.4 Å². The number of ether oxygens (including phenoxy) is 2. The van der Waals surface area contributed by atoms with E-state index in [0.29, 0.717) is 23.7 Å². The second-order valence-electron chi connectivity index (χ2n) is 8.82. The monoisotopic (exact) mass is 611 g/mol. The van der Waals surface area contributed by atoms with E-state index in [1.807, 2.05) is 7.05 Å². The SMILES string of the molecule is CN1CCN(C(=O)C(COCc2cc(Cl)nc(Cl)c2)NC(=O)c2cccnc2Oc2ccc(Cl)cc2Cl)CC1. The van der Waals surface area contributed by atoms with Crippen molar-refractivity contribution in [3.8, 4) is 11.6 Å². The molecule has 1 aliphatic heterocycles. The van der Waals surface area contributed by atoms with Gasteiger partial charge in [-0.2, -0.15) is 0 Å². The van der Waals surface area contributed by atoms with Crippen LogP contribution in [0.3, 0.4) is 0 Å². The minimum atomic E-state index is -0.971. The molecule has 1 aliphatic rings. The Morgan fingerprint density at radius 2 is 1.74 bits per heavy atom. The molecule has 0 aliphatic carbocycles. The Bertz CT molecular complexity index is 1320. The summed E-state index contributed by atoms with van der Waals surface area (Å²) in [6, 6.07) is 10.1. The molecule has 1 atom stereocenters. The van der Waals surface area contributed by atoms with Gasteiger partial charge in [-0.05, 0) is 55.1 Å². The highest BCUT2D eigenvalue weighted by Gasteiger charge is 2.29. The van der Waals surface area contributed by atoms with Gasteiger partial charge in [0.05, 0.1) is 18.2 Å². The third kappa shape index (κ3) is 8.17. The van der Waals surface area contributed by atoms with Crippen molar-refractivity contribution in [1.29, 1.82) is 0 Å². The van der Waals surface area contributed by atoms with Crippen LogP contribution >= 0.6 is 46.4 Å². The third-order valence-corrected chi connectivity index (χ3v) is 6.83. The average Bonchev–Trinajstić information content (AvgIpc) is 2.89. The molecule has 2 amide bonds. The number of nitrogens with zero attached hydrogens (tertiary/aromatic N) is 4. The molecule has 1 N–H and O–H groups in total. The molecule has 0 bridgehead atoms. The first-order chi connectivity index (χ1) is 18.7. The fourth-order valence-electron chi connectivity index (χ4n) is 3.86. The number of hydrogen-bond acceptors (Lipinski definition) is 7. The van der Waals surface area contributed by atoms with Gasteiger partial charge in [-0.3, -0.25) is 9.59 Å². The molecule has 9 nitrogen and oxygen atoms in total. The number of nitrogens with one attached hydrogen (secondary N) is 1. The lowest BCUT2D eigenvalue weighted by molar-refractivity contribution is -0.136. The second kappa shape index (κ2) is 13.6. The predicted octanol–water partition coefficient (Wildman–Crippen LogP) is 4.97. The van der Waals surface area contributed by atoms with Gasteiger partial charge in [-0.25, -0.2) is 9.97 Å². The fourth-order valence-corrected chi connectivity index (χ4v) is 4.81. The van der Waals surface area contributed by atoms with Gasteiger partial charge in [0, 0.05) is 37.4 Å². The lowest BCUT2D eigenvalue weighted by Crippen LogP contribution is -2.55. The van der Waals surface area contributed by atoms with Crippen LogP contribution in [-0.4, -0.2) is 77.5 Å². The van der Waals surface area contributed by atoms with E-state index >= 15 is 0 Å². The summed E-state index contributed by atoms with van der Waals surface area (Å²) in [5.74, 6) is -0.521. The number of halogens is 4. The highest BCUT2D eigenvalue weighted by atomic mass is 35.5. The molecule has 13 heteroatoms. The van der Waals surface area contributed by atoms with Gasteiger partial charge in [-0.15, -0.1) is 0 Å². The van der Waals surface area contributed by atoms with E-state index < -0.39 is 11.9 Å². The summed E-state index contributed by atoms with van der Waals surface area (Å²) in [4.78, 5) is 38.8. The molecule has 0 saturated carbocycles. The number of carbonyl (C=O) groups excluding carboxylic acids is 2. The summed E-state index contributed by atoms with van der Waals surface area (Å²) < 4.78 is 11.6. The maximum absolute atomic E-state index is 13.5. The van der Waals surface area contributed by atoms with Crippen molar-refractivity contribution in [2.24, 2.45) is 0 Å². The number of amides is 2. The standard InChI is InChI=1S/C26H25Cl4N5O4/c1-34-7-9-35(10-8-34)26(37)20(15-38-14-16-11-22(29)33-23(30)12-16)32-24(36)18-3-2-6-31-25(18)39-21-5-4-17(27)13-19(21)28/h2-6,11-13,20H,7-10,14-15H2,1H3,(H,32,36). The molecule has 206 valence electrons. The van der Waals surface area contributed by atoms with Gasteiger partial charge < -0.3 is 24.6 Å². The zero-order chi connectivity index (χ0) is 27.9. The van der Waals surface area contributed by atoms with Crippen LogP contribution < -0.4 is 10.1 Å². The van der Waals surface area contributed by atoms with E-state index in [2.05, 4.69) is 20.2 Å². The minimum Gasteiger partial charge on any atom is -0.437 e. The van der Waals surface area contributed by atoms with E-state index in [9.17, 15) is 9.59 Å². The molecule has 3 aromatic rings. The Labute approximate surface area is 245 Å². The Kier molecular flexibility index (Phi) is 10.2. The Balaban J connectivity index is 1.51. The van der Waals surface area contributed by atoms with Gasteiger partial charge >= 0.3 is 0 Å². The highest BCUT2D eigenvalue weighted by Crippen LogP contribution is 2.32. The van der Waals surface area contributed by atoms with Crippen LogP contribution in [0.25, 0.3) is 0 Å². The first-order valence-electron chi connectivity index (χ1n) is 12.0. The van der Waals surface area contributed by atoms with Crippen molar-refractivity contribution in [2.45, 2.75) is 12.6 Å². The van der Waals surface area contributed by atoms with Crippen LogP contribution in [0.5, 0.6) is 11.6 Å². The summed E-state index contributed by atoms with van der Waals surface area (Å²) in [6.07, 6.45) is 1.48. The summed E-state index contributed by atoms with van der Waals surface area (Å²) in [7, 11) is 1.99. The quantitative estimate of drug-likeness (QED) is 0.341. The van der Waals surface area contributed by atoms with Crippen molar-refractivity contribution >= 4 is 58.2 Å².